The molecule has 0 saturated carbocycles. The number of anilines is 1. The van der Waals surface area contributed by atoms with Crippen molar-refractivity contribution in [2.45, 2.75) is 39.3 Å². The summed E-state index contributed by atoms with van der Waals surface area (Å²) in [6.45, 7) is 11.4. The van der Waals surface area contributed by atoms with Gasteiger partial charge in [0.1, 0.15) is 0 Å². The van der Waals surface area contributed by atoms with E-state index in [0.29, 0.717) is 0 Å². The third kappa shape index (κ3) is 5.56. The van der Waals surface area contributed by atoms with Crippen molar-refractivity contribution < 1.29 is 4.79 Å². The molecule has 6 heteroatoms. The largest absolute Gasteiger partial charge is 0.339 e. The lowest BCUT2D eigenvalue weighted by molar-refractivity contribution is 0.0736. The molecule has 0 aliphatic carbocycles. The van der Waals surface area contributed by atoms with Gasteiger partial charge in [-0.05, 0) is 23.3 Å². The van der Waals surface area contributed by atoms with E-state index in [1.54, 1.807) is 11.3 Å². The van der Waals surface area contributed by atoms with Crippen LogP contribution in [-0.2, 0) is 18.5 Å². The Labute approximate surface area is 195 Å². The minimum absolute atomic E-state index is 0.0269. The number of nitrogens with zero attached hydrogens (tertiary/aromatic N) is 3. The summed E-state index contributed by atoms with van der Waals surface area (Å²) < 4.78 is 0. The van der Waals surface area contributed by atoms with E-state index >= 15 is 0 Å². The number of amides is 1. The molecule has 1 aromatic heterocycles. The zero-order chi connectivity index (χ0) is 22.6. The van der Waals surface area contributed by atoms with Crippen LogP contribution >= 0.6 is 11.3 Å². The molecule has 5 nitrogen and oxygen atoms in total. The Hall–Kier alpha value is -2.70. The van der Waals surface area contributed by atoms with E-state index < -0.39 is 0 Å². The van der Waals surface area contributed by atoms with E-state index in [2.05, 4.69) is 72.8 Å². The van der Waals surface area contributed by atoms with Crippen LogP contribution in [0.2, 0.25) is 0 Å². The zero-order valence-corrected chi connectivity index (χ0v) is 20.0. The molecule has 0 atom stereocenters. The summed E-state index contributed by atoms with van der Waals surface area (Å²) in [5, 5.41) is 6.49. The smallest absolute Gasteiger partial charge is 0.253 e. The highest BCUT2D eigenvalue weighted by atomic mass is 32.1. The molecule has 4 rings (SSSR count). The van der Waals surface area contributed by atoms with E-state index in [0.717, 1.165) is 55.7 Å². The van der Waals surface area contributed by atoms with Crippen LogP contribution in [0.5, 0.6) is 0 Å². The van der Waals surface area contributed by atoms with Gasteiger partial charge in [-0.1, -0.05) is 63.2 Å². The molecule has 32 heavy (non-hydrogen) atoms. The Morgan fingerprint density at radius 2 is 1.62 bits per heavy atom. The summed E-state index contributed by atoms with van der Waals surface area (Å²) in [5.74, 6) is 0.119. The van der Waals surface area contributed by atoms with Gasteiger partial charge in [0.15, 0.2) is 5.13 Å². The molecule has 0 unspecified atom stereocenters. The number of hydrogen-bond donors (Lipinski definition) is 1. The van der Waals surface area contributed by atoms with Gasteiger partial charge in [0, 0.05) is 55.6 Å². The molecule has 1 aliphatic heterocycles. The highest BCUT2D eigenvalue weighted by Crippen LogP contribution is 2.30. The van der Waals surface area contributed by atoms with Crippen molar-refractivity contribution in [3.05, 3.63) is 82.4 Å². The van der Waals surface area contributed by atoms with Gasteiger partial charge in [0.2, 0.25) is 0 Å². The molecular formula is C26H32N4OS. The SMILES string of the molecule is CC(C)(C)c1csc(N(Cc2ccccc2)Cc2ccc(C(=O)N3CCNCC3)cc2)n1. The molecule has 0 spiro atoms. The maximum Gasteiger partial charge on any atom is 0.253 e. The van der Waals surface area contributed by atoms with Gasteiger partial charge >= 0.3 is 0 Å². The van der Waals surface area contributed by atoms with Gasteiger partial charge in [-0.15, -0.1) is 11.3 Å². The Kier molecular flexibility index (Phi) is 6.92. The summed E-state index contributed by atoms with van der Waals surface area (Å²) in [7, 11) is 0. The summed E-state index contributed by atoms with van der Waals surface area (Å²) >= 11 is 1.70. The van der Waals surface area contributed by atoms with Gasteiger partial charge in [0.25, 0.3) is 5.91 Å². The van der Waals surface area contributed by atoms with E-state index in [-0.39, 0.29) is 11.3 Å². The number of benzene rings is 2. The number of hydrogen-bond acceptors (Lipinski definition) is 5. The average molecular weight is 449 g/mol. The van der Waals surface area contributed by atoms with E-state index in [1.807, 2.05) is 23.1 Å². The maximum absolute atomic E-state index is 12.8. The molecule has 3 aromatic rings. The maximum atomic E-state index is 12.8. The highest BCUT2D eigenvalue weighted by Gasteiger charge is 2.21. The number of nitrogens with one attached hydrogen (secondary N) is 1. The molecule has 2 heterocycles. The molecule has 1 amide bonds. The third-order valence-corrected chi connectivity index (χ3v) is 6.63. The lowest BCUT2D eigenvalue weighted by Gasteiger charge is -2.27. The van der Waals surface area contributed by atoms with Crippen LogP contribution in [-0.4, -0.2) is 42.0 Å². The number of piperazine rings is 1. The predicted octanol–water partition coefficient (Wildman–Crippen LogP) is 4.69. The number of thiazole rings is 1. The molecule has 1 saturated heterocycles. The average Bonchev–Trinajstić information content (AvgIpc) is 3.31. The molecule has 1 aliphatic rings. The third-order valence-electron chi connectivity index (χ3n) is 5.73. The van der Waals surface area contributed by atoms with Crippen LogP contribution in [0.15, 0.2) is 60.0 Å². The van der Waals surface area contributed by atoms with Crippen molar-refractivity contribution in [1.29, 1.82) is 0 Å². The fraction of sp³-hybridized carbons (Fsp3) is 0.385. The molecule has 1 fully saturated rings. The molecule has 0 bridgehead atoms. The van der Waals surface area contributed by atoms with Crippen molar-refractivity contribution in [1.82, 2.24) is 15.2 Å². The first-order valence-electron chi connectivity index (χ1n) is 11.2. The standard InChI is InChI=1S/C26H32N4OS/c1-26(2,3)23-19-32-25(28-23)30(17-20-7-5-4-6-8-20)18-21-9-11-22(12-10-21)24(31)29-15-13-27-14-16-29/h4-12,19,27H,13-18H2,1-3H3. The van der Waals surface area contributed by atoms with Crippen LogP contribution in [0, 0.1) is 0 Å². The molecule has 1 N–H and O–H groups in total. The zero-order valence-electron chi connectivity index (χ0n) is 19.2. The van der Waals surface area contributed by atoms with Gasteiger partial charge in [-0.3, -0.25) is 4.79 Å². The van der Waals surface area contributed by atoms with Crippen molar-refractivity contribution in [2.24, 2.45) is 0 Å². The first-order chi connectivity index (χ1) is 15.4. The van der Waals surface area contributed by atoms with Crippen molar-refractivity contribution in [2.75, 3.05) is 31.1 Å². The second kappa shape index (κ2) is 9.84. The first-order valence-corrected chi connectivity index (χ1v) is 12.1. The molecule has 0 radical (unpaired) electrons. The van der Waals surface area contributed by atoms with Gasteiger partial charge in [-0.25, -0.2) is 4.98 Å². The predicted molar refractivity (Wildman–Crippen MR) is 132 cm³/mol. The summed E-state index contributed by atoms with van der Waals surface area (Å²) in [6, 6.07) is 18.6. The Morgan fingerprint density at radius 1 is 1.00 bits per heavy atom. The van der Waals surface area contributed by atoms with Gasteiger partial charge in [0.05, 0.1) is 5.69 Å². The van der Waals surface area contributed by atoms with Crippen molar-refractivity contribution in [3.63, 3.8) is 0 Å². The fourth-order valence-electron chi connectivity index (χ4n) is 3.77. The second-order valence-electron chi connectivity index (χ2n) is 9.35. The normalized spacial score (nSPS) is 14.4. The summed E-state index contributed by atoms with van der Waals surface area (Å²) in [4.78, 5) is 22.0. The van der Waals surface area contributed by atoms with Crippen LogP contribution in [0.3, 0.4) is 0 Å². The number of carbonyl (C=O) groups is 1. The van der Waals surface area contributed by atoms with Crippen LogP contribution in [0.1, 0.15) is 48.0 Å². The minimum atomic E-state index is 0.0269. The lowest BCUT2D eigenvalue weighted by atomic mass is 9.93. The quantitative estimate of drug-likeness (QED) is 0.594. The summed E-state index contributed by atoms with van der Waals surface area (Å²) in [6.07, 6.45) is 0. The van der Waals surface area contributed by atoms with Crippen LogP contribution in [0.25, 0.3) is 0 Å². The highest BCUT2D eigenvalue weighted by molar-refractivity contribution is 7.13. The van der Waals surface area contributed by atoms with E-state index in [1.165, 1.54) is 11.1 Å². The number of rotatable bonds is 6. The molecule has 2 aromatic carbocycles. The van der Waals surface area contributed by atoms with Crippen molar-refractivity contribution in [3.8, 4) is 0 Å². The second-order valence-corrected chi connectivity index (χ2v) is 10.2. The Balaban J connectivity index is 1.52. The summed E-state index contributed by atoms with van der Waals surface area (Å²) in [5.41, 5.74) is 4.33. The minimum Gasteiger partial charge on any atom is -0.339 e. The molecular weight excluding hydrogens is 416 g/mol. The molecule has 168 valence electrons. The Bertz CT molecular complexity index is 1020. The topological polar surface area (TPSA) is 48.5 Å². The Morgan fingerprint density at radius 3 is 2.22 bits per heavy atom. The van der Waals surface area contributed by atoms with Crippen LogP contribution < -0.4 is 10.2 Å². The van der Waals surface area contributed by atoms with Gasteiger partial charge in [-0.2, -0.15) is 0 Å². The fourth-order valence-corrected chi connectivity index (χ4v) is 4.83. The first kappa shape index (κ1) is 22.5. The number of carbonyl (C=O) groups excluding carboxylic acids is 1. The van der Waals surface area contributed by atoms with Crippen LogP contribution in [0.4, 0.5) is 5.13 Å². The monoisotopic (exact) mass is 448 g/mol. The van der Waals surface area contributed by atoms with E-state index in [4.69, 9.17) is 4.98 Å². The lowest BCUT2D eigenvalue weighted by Crippen LogP contribution is -2.46. The number of aromatic nitrogens is 1. The van der Waals surface area contributed by atoms with Crippen molar-refractivity contribution >= 4 is 22.4 Å². The van der Waals surface area contributed by atoms with Gasteiger partial charge < -0.3 is 15.1 Å². The van der Waals surface area contributed by atoms with E-state index in [9.17, 15) is 4.79 Å².